The molecule has 0 bridgehead atoms. The Labute approximate surface area is 183 Å². The van der Waals surface area contributed by atoms with Gasteiger partial charge in [-0.1, -0.05) is 31.0 Å². The maximum Gasteiger partial charge on any atom is 0.254 e. The van der Waals surface area contributed by atoms with Gasteiger partial charge in [-0.05, 0) is 43.7 Å². The molecule has 5 rings (SSSR count). The van der Waals surface area contributed by atoms with Crippen molar-refractivity contribution in [3.8, 4) is 0 Å². The lowest BCUT2D eigenvalue weighted by Crippen LogP contribution is -2.48. The maximum atomic E-state index is 13.3. The van der Waals surface area contributed by atoms with Gasteiger partial charge in [-0.15, -0.1) is 0 Å². The first-order valence-corrected chi connectivity index (χ1v) is 11.5. The summed E-state index contributed by atoms with van der Waals surface area (Å²) in [5, 5.41) is 5.36. The van der Waals surface area contributed by atoms with Crippen LogP contribution in [0.5, 0.6) is 0 Å². The molecular formula is C24H30N6O. The number of nitrogens with zero attached hydrogens (tertiary/aromatic N) is 6. The number of carbonyl (C=O) groups is 1. The van der Waals surface area contributed by atoms with Gasteiger partial charge in [0.2, 0.25) is 0 Å². The summed E-state index contributed by atoms with van der Waals surface area (Å²) in [6.07, 6.45) is 10.3. The Morgan fingerprint density at radius 1 is 0.968 bits per heavy atom. The molecule has 1 amide bonds. The number of hydrogen-bond donors (Lipinski definition) is 0. The average molecular weight is 419 g/mol. The summed E-state index contributed by atoms with van der Waals surface area (Å²) in [6, 6.07) is 10.1. The largest absolute Gasteiger partial charge is 0.356 e. The number of rotatable bonds is 3. The van der Waals surface area contributed by atoms with Crippen molar-refractivity contribution < 1.29 is 4.79 Å². The maximum absolute atomic E-state index is 13.3. The molecule has 7 heteroatoms. The predicted molar refractivity (Wildman–Crippen MR) is 121 cm³/mol. The van der Waals surface area contributed by atoms with Crippen LogP contribution in [0.15, 0.2) is 42.9 Å². The first-order valence-electron chi connectivity index (χ1n) is 11.5. The summed E-state index contributed by atoms with van der Waals surface area (Å²) >= 11 is 0. The molecular weight excluding hydrogens is 388 g/mol. The molecule has 1 atom stereocenters. The van der Waals surface area contributed by atoms with E-state index >= 15 is 0 Å². The highest BCUT2D eigenvalue weighted by Gasteiger charge is 2.34. The number of hydrogen-bond acceptors (Lipinski definition) is 5. The topological polar surface area (TPSA) is 67.2 Å². The molecule has 0 spiro atoms. The second-order valence-corrected chi connectivity index (χ2v) is 8.81. The molecule has 1 aromatic carbocycles. The van der Waals surface area contributed by atoms with E-state index < -0.39 is 0 Å². The lowest BCUT2D eigenvalue weighted by Gasteiger charge is -2.41. The SMILES string of the molecule is Cn1ncc2c(N3CCC([C@H]4CCCCCN4C(=O)c4ccccc4)CC3)ncnc21. The van der Waals surface area contributed by atoms with Gasteiger partial charge in [-0.3, -0.25) is 9.48 Å². The highest BCUT2D eigenvalue weighted by atomic mass is 16.2. The van der Waals surface area contributed by atoms with Crippen LogP contribution >= 0.6 is 0 Å². The summed E-state index contributed by atoms with van der Waals surface area (Å²) in [5.41, 5.74) is 1.68. The second-order valence-electron chi connectivity index (χ2n) is 8.81. The summed E-state index contributed by atoms with van der Waals surface area (Å²) in [4.78, 5) is 26.8. The van der Waals surface area contributed by atoms with Gasteiger partial charge >= 0.3 is 0 Å². The van der Waals surface area contributed by atoms with Crippen molar-refractivity contribution >= 4 is 22.8 Å². The highest BCUT2D eigenvalue weighted by molar-refractivity contribution is 5.94. The smallest absolute Gasteiger partial charge is 0.254 e. The molecule has 0 N–H and O–H groups in total. The summed E-state index contributed by atoms with van der Waals surface area (Å²) < 4.78 is 1.80. The Morgan fingerprint density at radius 2 is 1.77 bits per heavy atom. The fourth-order valence-electron chi connectivity index (χ4n) is 5.32. The van der Waals surface area contributed by atoms with Crippen LogP contribution in [-0.2, 0) is 7.05 Å². The van der Waals surface area contributed by atoms with Gasteiger partial charge in [0.05, 0.1) is 11.6 Å². The summed E-state index contributed by atoms with van der Waals surface area (Å²) in [5.74, 6) is 1.71. The van der Waals surface area contributed by atoms with Gasteiger partial charge in [0.1, 0.15) is 12.1 Å². The van der Waals surface area contributed by atoms with Gasteiger partial charge in [-0.2, -0.15) is 5.10 Å². The number of aryl methyl sites for hydroxylation is 1. The Morgan fingerprint density at radius 3 is 2.58 bits per heavy atom. The van der Waals surface area contributed by atoms with Crippen molar-refractivity contribution in [3.05, 3.63) is 48.4 Å². The van der Waals surface area contributed by atoms with E-state index in [-0.39, 0.29) is 5.91 Å². The van der Waals surface area contributed by atoms with E-state index in [2.05, 4.69) is 24.9 Å². The van der Waals surface area contributed by atoms with Gasteiger partial charge in [0.15, 0.2) is 5.65 Å². The first-order chi connectivity index (χ1) is 15.2. The molecule has 0 unspecified atom stereocenters. The lowest BCUT2D eigenvalue weighted by atomic mass is 9.85. The van der Waals surface area contributed by atoms with Crippen molar-refractivity contribution in [1.29, 1.82) is 0 Å². The molecule has 7 nitrogen and oxygen atoms in total. The van der Waals surface area contributed by atoms with Crippen LogP contribution in [0.3, 0.4) is 0 Å². The molecule has 3 aromatic rings. The van der Waals surface area contributed by atoms with Gasteiger partial charge in [0, 0.05) is 38.3 Å². The summed E-state index contributed by atoms with van der Waals surface area (Å²) in [7, 11) is 1.91. The molecule has 31 heavy (non-hydrogen) atoms. The third-order valence-electron chi connectivity index (χ3n) is 6.97. The number of benzene rings is 1. The number of fused-ring (bicyclic) bond motifs is 1. The monoisotopic (exact) mass is 418 g/mol. The van der Waals surface area contributed by atoms with Crippen molar-refractivity contribution in [1.82, 2.24) is 24.6 Å². The molecule has 2 aliphatic rings. The second kappa shape index (κ2) is 8.65. The minimum atomic E-state index is 0.197. The molecule has 162 valence electrons. The minimum absolute atomic E-state index is 0.197. The zero-order valence-corrected chi connectivity index (χ0v) is 18.2. The number of carbonyl (C=O) groups excluding carboxylic acids is 1. The van der Waals surface area contributed by atoms with Crippen LogP contribution in [0.2, 0.25) is 0 Å². The third kappa shape index (κ3) is 3.89. The number of piperidine rings is 1. The van der Waals surface area contributed by atoms with Crippen LogP contribution in [0.1, 0.15) is 48.9 Å². The Bertz CT molecular complexity index is 1040. The Hall–Kier alpha value is -2.96. The lowest BCUT2D eigenvalue weighted by molar-refractivity contribution is 0.0588. The fraction of sp³-hybridized carbons (Fsp3) is 0.500. The standard InChI is InChI=1S/C24H30N6O/c1-28-22-20(16-27-28)23(26-17-25-22)29-14-11-18(12-15-29)21-10-6-3-7-13-30(21)24(31)19-8-4-2-5-9-19/h2,4-5,8-9,16-18,21H,3,6-7,10-15H2,1H3/t21-/m1/s1. The van der Waals surface area contributed by atoms with Crippen molar-refractivity contribution in [3.63, 3.8) is 0 Å². The number of amides is 1. The number of likely N-dealkylation sites (tertiary alicyclic amines) is 1. The van der Waals surface area contributed by atoms with E-state index in [0.717, 1.165) is 67.7 Å². The van der Waals surface area contributed by atoms with E-state index in [1.54, 1.807) is 11.0 Å². The number of anilines is 1. The van der Waals surface area contributed by atoms with Crippen molar-refractivity contribution in [2.45, 2.75) is 44.6 Å². The summed E-state index contributed by atoms with van der Waals surface area (Å²) in [6.45, 7) is 2.78. The molecule has 0 aliphatic carbocycles. The fourth-order valence-corrected chi connectivity index (χ4v) is 5.32. The zero-order valence-electron chi connectivity index (χ0n) is 18.2. The van der Waals surface area contributed by atoms with Crippen molar-refractivity contribution in [2.24, 2.45) is 13.0 Å². The molecule has 2 aliphatic heterocycles. The van der Waals surface area contributed by atoms with E-state index in [4.69, 9.17) is 0 Å². The third-order valence-corrected chi connectivity index (χ3v) is 6.97. The van der Waals surface area contributed by atoms with E-state index in [9.17, 15) is 4.79 Å². The zero-order chi connectivity index (χ0) is 21.2. The van der Waals surface area contributed by atoms with Crippen LogP contribution in [0.4, 0.5) is 5.82 Å². The first kappa shape index (κ1) is 20.0. The Kier molecular flexibility index (Phi) is 5.57. The molecule has 0 radical (unpaired) electrons. The molecule has 0 saturated carbocycles. The van der Waals surface area contributed by atoms with Crippen molar-refractivity contribution in [2.75, 3.05) is 24.5 Å². The van der Waals surface area contributed by atoms with E-state index in [1.807, 2.05) is 43.6 Å². The quantitative estimate of drug-likeness (QED) is 0.649. The van der Waals surface area contributed by atoms with Gasteiger partial charge in [0.25, 0.3) is 5.91 Å². The van der Waals surface area contributed by atoms with Crippen LogP contribution in [0, 0.1) is 5.92 Å². The minimum Gasteiger partial charge on any atom is -0.356 e. The van der Waals surface area contributed by atoms with Gasteiger partial charge in [-0.25, -0.2) is 9.97 Å². The van der Waals surface area contributed by atoms with E-state index in [1.165, 1.54) is 12.8 Å². The normalized spacial score (nSPS) is 20.7. The Balaban J connectivity index is 1.32. The van der Waals surface area contributed by atoms with E-state index in [0.29, 0.717) is 12.0 Å². The van der Waals surface area contributed by atoms with Gasteiger partial charge < -0.3 is 9.80 Å². The number of aromatic nitrogens is 4. The van der Waals surface area contributed by atoms with Crippen LogP contribution in [0.25, 0.3) is 11.0 Å². The molecule has 2 saturated heterocycles. The van der Waals surface area contributed by atoms with Crippen LogP contribution < -0.4 is 4.90 Å². The molecule has 4 heterocycles. The highest BCUT2D eigenvalue weighted by Crippen LogP contribution is 2.33. The average Bonchev–Trinajstić information content (AvgIpc) is 3.05. The predicted octanol–water partition coefficient (Wildman–Crippen LogP) is 3.66. The molecule has 2 fully saturated rings. The molecule has 2 aromatic heterocycles. The van der Waals surface area contributed by atoms with Crippen LogP contribution in [-0.4, -0.2) is 56.2 Å².